The molecule has 0 spiro atoms. The van der Waals surface area contributed by atoms with Crippen LogP contribution in [0.4, 0.5) is 5.69 Å². The Labute approximate surface area is 142 Å². The van der Waals surface area contributed by atoms with Gasteiger partial charge in [-0.25, -0.2) is 4.98 Å². The van der Waals surface area contributed by atoms with E-state index in [9.17, 15) is 4.79 Å². The molecule has 0 fully saturated rings. The monoisotopic (exact) mass is 334 g/mol. The van der Waals surface area contributed by atoms with Crippen LogP contribution in [0.2, 0.25) is 0 Å². The van der Waals surface area contributed by atoms with Gasteiger partial charge in [-0.3, -0.25) is 14.2 Å². The molecule has 0 aliphatic heterocycles. The van der Waals surface area contributed by atoms with Crippen LogP contribution in [0, 0.1) is 6.92 Å². The molecule has 0 radical (unpaired) electrons. The van der Waals surface area contributed by atoms with E-state index >= 15 is 0 Å². The second-order valence-corrected chi connectivity index (χ2v) is 6.59. The third-order valence-corrected chi connectivity index (χ3v) is 4.62. The zero-order chi connectivity index (χ0) is 16.5. The Bertz CT molecular complexity index is 1020. The summed E-state index contributed by atoms with van der Waals surface area (Å²) in [5.41, 5.74) is 3.13. The summed E-state index contributed by atoms with van der Waals surface area (Å²) in [6.45, 7) is 2.00. The lowest BCUT2D eigenvalue weighted by molar-refractivity contribution is 0.102. The predicted octanol–water partition coefficient (Wildman–Crippen LogP) is 4.02. The number of nitrogens with zero attached hydrogens (tertiary/aromatic N) is 3. The quantitative estimate of drug-likeness (QED) is 0.615. The summed E-state index contributed by atoms with van der Waals surface area (Å²) < 4.78 is 1.82. The van der Waals surface area contributed by atoms with Crippen molar-refractivity contribution in [1.82, 2.24) is 14.4 Å². The SMILES string of the molecule is Cc1cn2c(C(=O)Nc3ccncc3-c3ccccc3)cnc2s1. The number of anilines is 1. The van der Waals surface area contributed by atoms with E-state index in [1.165, 1.54) is 0 Å². The van der Waals surface area contributed by atoms with Crippen molar-refractivity contribution in [1.29, 1.82) is 0 Å². The van der Waals surface area contributed by atoms with Gasteiger partial charge in [0, 0.05) is 29.0 Å². The fourth-order valence-corrected chi connectivity index (χ4v) is 3.40. The number of hydrogen-bond acceptors (Lipinski definition) is 4. The molecule has 3 aromatic heterocycles. The van der Waals surface area contributed by atoms with Gasteiger partial charge in [0.25, 0.3) is 5.91 Å². The second kappa shape index (κ2) is 5.90. The molecule has 3 heterocycles. The summed E-state index contributed by atoms with van der Waals surface area (Å²) in [5.74, 6) is -0.191. The van der Waals surface area contributed by atoms with Crippen molar-refractivity contribution in [2.45, 2.75) is 6.92 Å². The Morgan fingerprint density at radius 1 is 1.17 bits per heavy atom. The lowest BCUT2D eigenvalue weighted by Gasteiger charge is -2.10. The number of imidazole rings is 1. The number of rotatable bonds is 3. The van der Waals surface area contributed by atoms with Crippen LogP contribution in [-0.4, -0.2) is 20.3 Å². The first-order chi connectivity index (χ1) is 11.7. The van der Waals surface area contributed by atoms with Crippen molar-refractivity contribution in [2.24, 2.45) is 0 Å². The first kappa shape index (κ1) is 14.6. The molecule has 1 aromatic carbocycles. The summed E-state index contributed by atoms with van der Waals surface area (Å²) in [4.78, 5) is 23.1. The molecule has 4 rings (SSSR count). The van der Waals surface area contributed by atoms with Gasteiger partial charge in [0.1, 0.15) is 5.69 Å². The number of carbonyl (C=O) groups is 1. The molecule has 1 amide bonds. The van der Waals surface area contributed by atoms with Gasteiger partial charge in [-0.05, 0) is 18.6 Å². The van der Waals surface area contributed by atoms with E-state index < -0.39 is 0 Å². The van der Waals surface area contributed by atoms with Gasteiger partial charge in [-0.2, -0.15) is 0 Å². The lowest BCUT2D eigenvalue weighted by Crippen LogP contribution is -2.14. The molecule has 0 aliphatic carbocycles. The average molecular weight is 334 g/mol. The van der Waals surface area contributed by atoms with Crippen LogP contribution in [0.25, 0.3) is 16.1 Å². The number of thiazole rings is 1. The average Bonchev–Trinajstić information content (AvgIpc) is 3.15. The minimum atomic E-state index is -0.191. The van der Waals surface area contributed by atoms with Gasteiger partial charge in [0.2, 0.25) is 0 Å². The van der Waals surface area contributed by atoms with Gasteiger partial charge in [-0.15, -0.1) is 11.3 Å². The number of pyridine rings is 1. The lowest BCUT2D eigenvalue weighted by atomic mass is 10.1. The molecular formula is C18H14N4OS. The van der Waals surface area contributed by atoms with Crippen LogP contribution in [-0.2, 0) is 0 Å². The van der Waals surface area contributed by atoms with Crippen molar-refractivity contribution in [2.75, 3.05) is 5.32 Å². The van der Waals surface area contributed by atoms with Crippen molar-refractivity contribution in [3.8, 4) is 11.1 Å². The molecule has 0 atom stereocenters. The highest BCUT2D eigenvalue weighted by Crippen LogP contribution is 2.27. The molecule has 24 heavy (non-hydrogen) atoms. The van der Waals surface area contributed by atoms with Gasteiger partial charge in [0.15, 0.2) is 4.96 Å². The molecule has 0 unspecified atom stereocenters. The highest BCUT2D eigenvalue weighted by Gasteiger charge is 2.15. The van der Waals surface area contributed by atoms with Crippen molar-refractivity contribution in [3.63, 3.8) is 0 Å². The Morgan fingerprint density at radius 2 is 2.00 bits per heavy atom. The first-order valence-electron chi connectivity index (χ1n) is 7.46. The summed E-state index contributed by atoms with van der Waals surface area (Å²) in [6, 6.07) is 11.7. The van der Waals surface area contributed by atoms with E-state index in [1.807, 2.05) is 47.9 Å². The van der Waals surface area contributed by atoms with Gasteiger partial charge in [-0.1, -0.05) is 30.3 Å². The Morgan fingerprint density at radius 3 is 2.83 bits per heavy atom. The van der Waals surface area contributed by atoms with Crippen LogP contribution in [0.3, 0.4) is 0 Å². The number of carbonyl (C=O) groups excluding carboxylic acids is 1. The van der Waals surface area contributed by atoms with E-state index in [0.29, 0.717) is 5.69 Å². The maximum Gasteiger partial charge on any atom is 0.274 e. The van der Waals surface area contributed by atoms with Crippen LogP contribution in [0.15, 0.2) is 61.2 Å². The van der Waals surface area contributed by atoms with Crippen LogP contribution < -0.4 is 5.32 Å². The van der Waals surface area contributed by atoms with Crippen LogP contribution in [0.1, 0.15) is 15.4 Å². The Kier molecular flexibility index (Phi) is 3.59. The fourth-order valence-electron chi connectivity index (χ4n) is 2.60. The number of nitrogens with one attached hydrogen (secondary N) is 1. The van der Waals surface area contributed by atoms with E-state index in [2.05, 4.69) is 15.3 Å². The van der Waals surface area contributed by atoms with Crippen molar-refractivity contribution < 1.29 is 4.79 Å². The summed E-state index contributed by atoms with van der Waals surface area (Å²) >= 11 is 1.56. The smallest absolute Gasteiger partial charge is 0.274 e. The van der Waals surface area contributed by atoms with E-state index in [0.717, 1.165) is 26.7 Å². The number of fused-ring (bicyclic) bond motifs is 1. The molecule has 5 nitrogen and oxygen atoms in total. The number of benzene rings is 1. The molecule has 0 aliphatic rings. The van der Waals surface area contributed by atoms with Gasteiger partial charge >= 0.3 is 0 Å². The van der Waals surface area contributed by atoms with Crippen molar-refractivity contribution in [3.05, 3.63) is 71.8 Å². The second-order valence-electron chi connectivity index (χ2n) is 5.38. The topological polar surface area (TPSA) is 59.3 Å². The number of aryl methyl sites for hydroxylation is 1. The van der Waals surface area contributed by atoms with Gasteiger partial charge < -0.3 is 5.32 Å². The minimum absolute atomic E-state index is 0.191. The number of hydrogen-bond donors (Lipinski definition) is 1. The minimum Gasteiger partial charge on any atom is -0.320 e. The number of amides is 1. The third-order valence-electron chi connectivity index (χ3n) is 3.71. The molecular weight excluding hydrogens is 320 g/mol. The van der Waals surface area contributed by atoms with Gasteiger partial charge in [0.05, 0.1) is 11.9 Å². The van der Waals surface area contributed by atoms with Crippen molar-refractivity contribution >= 4 is 27.9 Å². The summed E-state index contributed by atoms with van der Waals surface area (Å²) in [6.07, 6.45) is 6.95. The molecule has 118 valence electrons. The summed E-state index contributed by atoms with van der Waals surface area (Å²) in [7, 11) is 0. The standard InChI is InChI=1S/C18H14N4OS/c1-12-11-22-16(10-20-18(22)24-12)17(23)21-15-7-8-19-9-14(15)13-5-3-2-4-6-13/h2-11H,1H3,(H,19,21,23). The largest absolute Gasteiger partial charge is 0.320 e. The Balaban J connectivity index is 1.70. The maximum absolute atomic E-state index is 12.7. The van der Waals surface area contributed by atoms with E-state index in [1.54, 1.807) is 36.0 Å². The third kappa shape index (κ3) is 2.57. The first-order valence-corrected chi connectivity index (χ1v) is 8.28. The van der Waals surface area contributed by atoms with E-state index in [4.69, 9.17) is 0 Å². The zero-order valence-corrected chi connectivity index (χ0v) is 13.7. The highest BCUT2D eigenvalue weighted by molar-refractivity contribution is 7.17. The predicted molar refractivity (Wildman–Crippen MR) is 95.4 cm³/mol. The fraction of sp³-hybridized carbons (Fsp3) is 0.0556. The molecule has 4 aromatic rings. The molecule has 6 heteroatoms. The molecule has 0 saturated carbocycles. The van der Waals surface area contributed by atoms with Crippen LogP contribution >= 0.6 is 11.3 Å². The molecule has 0 saturated heterocycles. The maximum atomic E-state index is 12.7. The van der Waals surface area contributed by atoms with Crippen LogP contribution in [0.5, 0.6) is 0 Å². The number of aromatic nitrogens is 3. The normalized spacial score (nSPS) is 10.9. The molecule has 0 bridgehead atoms. The highest BCUT2D eigenvalue weighted by atomic mass is 32.1. The van der Waals surface area contributed by atoms with E-state index in [-0.39, 0.29) is 5.91 Å². The Hall–Kier alpha value is -2.99. The zero-order valence-electron chi connectivity index (χ0n) is 12.9. The molecule has 1 N–H and O–H groups in total. The summed E-state index contributed by atoms with van der Waals surface area (Å²) in [5, 5.41) is 2.98.